The van der Waals surface area contributed by atoms with Gasteiger partial charge in [0.15, 0.2) is 13.9 Å². The number of nitrogen functional groups attached to an aromatic ring is 1. The number of hydrogen-bond acceptors (Lipinski definition) is 8. The van der Waals surface area contributed by atoms with Crippen molar-refractivity contribution in [2.75, 3.05) is 29.6 Å². The number of aryl methyl sites for hydroxylation is 1. The van der Waals surface area contributed by atoms with Crippen LogP contribution >= 0.6 is 0 Å². The molecular weight excluding hydrogens is 600 g/mol. The van der Waals surface area contributed by atoms with Crippen molar-refractivity contribution in [3.63, 3.8) is 0 Å². The fourth-order valence-electron chi connectivity index (χ4n) is 7.27. The number of hydrogen-bond donors (Lipinski definition) is 4. The standard InChI is InChI=1S/C34H40N6O5Si/c1-21-31(46(3,4)44)30(16-17-40-19-28(37-38-40)26(20-41)22-8-6-5-7-9-22)45-34(21)27-18-25(14-15-29(27)39(2)33(34)43)36-32(42)23-10-12-24(35)13-11-23/h5-15,18-19,21,26,30-31,41,44H,16-17,20,35H2,1-4H3,(H,36,42)/t21-,26?,30+,31-,34+/m1/s1. The number of carbonyl (C=O) groups is 2. The van der Waals surface area contributed by atoms with E-state index in [1.165, 1.54) is 0 Å². The molecule has 0 saturated carbocycles. The number of nitrogens with zero attached hydrogens (tertiary/aromatic N) is 4. The van der Waals surface area contributed by atoms with Gasteiger partial charge in [-0.1, -0.05) is 42.5 Å². The van der Waals surface area contributed by atoms with Crippen LogP contribution in [0.1, 0.15) is 46.4 Å². The SMILES string of the molecule is C[C@@H]1[C@@H]([Si](C)(C)O)[C@H](CCn2cc(C(CO)c3ccccc3)nn2)O[C@@]12C(=O)N(C)c1ccc(NC(=O)c3ccc(N)cc3)cc12. The third kappa shape index (κ3) is 5.51. The second-order valence-electron chi connectivity index (χ2n) is 12.9. The zero-order chi connectivity index (χ0) is 32.8. The van der Waals surface area contributed by atoms with E-state index in [0.717, 1.165) is 5.56 Å². The molecule has 1 aromatic heterocycles. The number of carbonyl (C=O) groups excluding carboxylic acids is 2. The Morgan fingerprint density at radius 3 is 2.52 bits per heavy atom. The number of ether oxygens (including phenoxy) is 1. The van der Waals surface area contributed by atoms with Crippen molar-refractivity contribution in [3.05, 3.63) is 101 Å². The first-order valence-electron chi connectivity index (χ1n) is 15.5. The number of nitrogens with two attached hydrogens (primary N) is 1. The Balaban J connectivity index is 1.27. The largest absolute Gasteiger partial charge is 0.432 e. The smallest absolute Gasteiger partial charge is 0.264 e. The summed E-state index contributed by atoms with van der Waals surface area (Å²) in [6.45, 7) is 6.10. The summed E-state index contributed by atoms with van der Waals surface area (Å²) in [6, 6.07) is 21.7. The second-order valence-corrected chi connectivity index (χ2v) is 16.8. The molecule has 1 unspecified atom stereocenters. The Morgan fingerprint density at radius 2 is 1.85 bits per heavy atom. The summed E-state index contributed by atoms with van der Waals surface area (Å²) in [5, 5.41) is 21.7. The highest BCUT2D eigenvalue weighted by Crippen LogP contribution is 2.59. The van der Waals surface area contributed by atoms with Gasteiger partial charge in [0, 0.05) is 53.8 Å². The van der Waals surface area contributed by atoms with Crippen molar-refractivity contribution in [3.8, 4) is 0 Å². The number of benzene rings is 3. The van der Waals surface area contributed by atoms with Crippen LogP contribution in [0.5, 0.6) is 0 Å². The molecule has 0 aliphatic carbocycles. The number of anilines is 3. The molecule has 0 radical (unpaired) electrons. The van der Waals surface area contributed by atoms with Crippen LogP contribution in [-0.4, -0.2) is 64.8 Å². The van der Waals surface area contributed by atoms with E-state index in [9.17, 15) is 19.5 Å². The fraction of sp³-hybridized carbons (Fsp3) is 0.353. The lowest BCUT2D eigenvalue weighted by Crippen LogP contribution is -2.45. The third-order valence-corrected chi connectivity index (χ3v) is 12.0. The molecule has 1 spiro atoms. The zero-order valence-corrected chi connectivity index (χ0v) is 27.4. The van der Waals surface area contributed by atoms with E-state index >= 15 is 0 Å². The van der Waals surface area contributed by atoms with E-state index in [1.807, 2.05) is 68.7 Å². The fourth-order valence-corrected chi connectivity index (χ4v) is 9.87. The number of fused-ring (bicyclic) bond motifs is 2. The summed E-state index contributed by atoms with van der Waals surface area (Å²) in [5.41, 5.74) is 8.74. The number of aliphatic hydroxyl groups excluding tert-OH is 1. The molecule has 2 aliphatic rings. The van der Waals surface area contributed by atoms with Crippen LogP contribution in [-0.2, 0) is 21.7 Å². The summed E-state index contributed by atoms with van der Waals surface area (Å²) in [4.78, 5) is 40.3. The van der Waals surface area contributed by atoms with Gasteiger partial charge in [0.25, 0.3) is 11.8 Å². The lowest BCUT2D eigenvalue weighted by atomic mass is 9.82. The molecule has 46 heavy (non-hydrogen) atoms. The topological polar surface area (TPSA) is 156 Å². The van der Waals surface area contributed by atoms with Gasteiger partial charge in [0.1, 0.15) is 0 Å². The molecule has 12 heteroatoms. The van der Waals surface area contributed by atoms with Crippen LogP contribution in [0.4, 0.5) is 17.1 Å². The zero-order valence-electron chi connectivity index (χ0n) is 26.4. The summed E-state index contributed by atoms with van der Waals surface area (Å²) in [5.74, 6) is -1.13. The van der Waals surface area contributed by atoms with Crippen LogP contribution in [0.3, 0.4) is 0 Å². The van der Waals surface area contributed by atoms with Crippen molar-refractivity contribution in [2.24, 2.45) is 5.92 Å². The van der Waals surface area contributed by atoms with E-state index in [0.29, 0.717) is 46.8 Å². The highest BCUT2D eigenvalue weighted by Gasteiger charge is 2.65. The maximum absolute atomic E-state index is 14.1. The van der Waals surface area contributed by atoms with Crippen molar-refractivity contribution >= 4 is 37.2 Å². The third-order valence-electron chi connectivity index (χ3n) is 9.49. The van der Waals surface area contributed by atoms with Crippen molar-refractivity contribution in [1.29, 1.82) is 0 Å². The lowest BCUT2D eigenvalue weighted by molar-refractivity contribution is -0.145. The Morgan fingerprint density at radius 1 is 1.13 bits per heavy atom. The molecule has 4 aromatic rings. The van der Waals surface area contributed by atoms with Crippen molar-refractivity contribution in [1.82, 2.24) is 15.0 Å². The molecule has 5 atom stereocenters. The Labute approximate surface area is 269 Å². The Kier molecular flexibility index (Phi) is 8.32. The molecule has 3 heterocycles. The molecule has 240 valence electrons. The van der Waals surface area contributed by atoms with E-state index in [2.05, 4.69) is 15.6 Å². The molecule has 6 rings (SSSR count). The molecule has 11 nitrogen and oxygen atoms in total. The van der Waals surface area contributed by atoms with Gasteiger partial charge < -0.3 is 30.6 Å². The highest BCUT2D eigenvalue weighted by molar-refractivity contribution is 6.71. The second kappa shape index (κ2) is 12.1. The average Bonchev–Trinajstić information content (AvgIpc) is 3.68. The van der Waals surface area contributed by atoms with Gasteiger partial charge in [0.2, 0.25) is 0 Å². The highest BCUT2D eigenvalue weighted by atomic mass is 28.4. The van der Waals surface area contributed by atoms with Crippen molar-refractivity contribution < 1.29 is 24.2 Å². The lowest BCUT2D eigenvalue weighted by Gasteiger charge is -2.32. The van der Waals surface area contributed by atoms with E-state index in [1.54, 1.807) is 47.0 Å². The number of aliphatic hydroxyl groups is 1. The van der Waals surface area contributed by atoms with Gasteiger partial charge in [-0.3, -0.25) is 14.3 Å². The molecular formula is C34H40N6O5Si. The maximum atomic E-state index is 14.1. The first kappa shape index (κ1) is 31.6. The maximum Gasteiger partial charge on any atom is 0.264 e. The minimum Gasteiger partial charge on any atom is -0.432 e. The van der Waals surface area contributed by atoms with Gasteiger partial charge >= 0.3 is 0 Å². The molecule has 5 N–H and O–H groups in total. The van der Waals surface area contributed by atoms with Crippen molar-refractivity contribution in [2.45, 2.75) is 56.1 Å². The minimum atomic E-state index is -2.86. The van der Waals surface area contributed by atoms with Gasteiger partial charge in [-0.15, -0.1) is 5.10 Å². The number of nitrogens with one attached hydrogen (secondary N) is 1. The van der Waals surface area contributed by atoms with Crippen LogP contribution in [0.15, 0.2) is 79.0 Å². The average molecular weight is 641 g/mol. The normalized spacial score (nSPS) is 23.1. The minimum absolute atomic E-state index is 0.0989. The Hall–Kier alpha value is -4.36. The monoisotopic (exact) mass is 640 g/mol. The van der Waals surface area contributed by atoms with Crippen LogP contribution in [0, 0.1) is 5.92 Å². The molecule has 2 amide bonds. The quantitative estimate of drug-likeness (QED) is 0.157. The van der Waals surface area contributed by atoms with Gasteiger partial charge in [-0.25, -0.2) is 0 Å². The van der Waals surface area contributed by atoms with Gasteiger partial charge in [-0.2, -0.15) is 0 Å². The molecule has 0 bridgehead atoms. The summed E-state index contributed by atoms with van der Waals surface area (Å²) >= 11 is 0. The predicted octanol–water partition coefficient (Wildman–Crippen LogP) is 4.10. The Bertz CT molecular complexity index is 1740. The van der Waals surface area contributed by atoms with E-state index in [-0.39, 0.29) is 35.8 Å². The predicted molar refractivity (Wildman–Crippen MR) is 178 cm³/mol. The van der Waals surface area contributed by atoms with E-state index < -0.39 is 20.0 Å². The molecule has 2 aliphatic heterocycles. The van der Waals surface area contributed by atoms with Crippen LogP contribution < -0.4 is 16.0 Å². The number of likely N-dealkylation sites (N-methyl/N-ethyl adjacent to an activating group) is 1. The van der Waals surface area contributed by atoms with Gasteiger partial charge in [0.05, 0.1) is 30.0 Å². The summed E-state index contributed by atoms with van der Waals surface area (Å²) in [6.07, 6.45) is 1.89. The molecule has 3 aromatic carbocycles. The van der Waals surface area contributed by atoms with E-state index in [4.69, 9.17) is 10.5 Å². The first-order valence-corrected chi connectivity index (χ1v) is 18.5. The number of amides is 2. The first-order chi connectivity index (χ1) is 21.9. The summed E-state index contributed by atoms with van der Waals surface area (Å²) < 4.78 is 8.58. The van der Waals surface area contributed by atoms with Crippen LogP contribution in [0.2, 0.25) is 18.6 Å². The van der Waals surface area contributed by atoms with Crippen LogP contribution in [0.25, 0.3) is 0 Å². The number of rotatable bonds is 9. The summed E-state index contributed by atoms with van der Waals surface area (Å²) in [7, 11) is -1.13. The molecule has 1 fully saturated rings. The molecule has 1 saturated heterocycles. The van der Waals surface area contributed by atoms with Gasteiger partial charge in [-0.05, 0) is 67.5 Å². The number of aromatic nitrogens is 3.